The van der Waals surface area contributed by atoms with Crippen LogP contribution in [0.4, 0.5) is 0 Å². The Hall–Kier alpha value is -3.61. The number of para-hydroxylation sites is 2. The van der Waals surface area contributed by atoms with Gasteiger partial charge in [-0.3, -0.25) is 9.36 Å². The molecule has 0 aliphatic rings. The van der Waals surface area contributed by atoms with Gasteiger partial charge < -0.3 is 9.30 Å². The first-order valence-corrected chi connectivity index (χ1v) is 10.8. The Balaban J connectivity index is 1.98. The predicted molar refractivity (Wildman–Crippen MR) is 126 cm³/mol. The molecule has 4 rings (SSSR count). The molecule has 0 amide bonds. The molecule has 166 valence electrons. The monoisotopic (exact) mass is 432 g/mol. The van der Waals surface area contributed by atoms with Gasteiger partial charge in [0.15, 0.2) is 11.2 Å². The van der Waals surface area contributed by atoms with E-state index in [9.17, 15) is 9.59 Å². The third-order valence-electron chi connectivity index (χ3n) is 5.63. The van der Waals surface area contributed by atoms with Gasteiger partial charge in [0.05, 0.1) is 19.1 Å². The van der Waals surface area contributed by atoms with Crippen LogP contribution >= 0.6 is 0 Å². The summed E-state index contributed by atoms with van der Waals surface area (Å²) in [7, 11) is 1.56. The first-order chi connectivity index (χ1) is 15.4. The van der Waals surface area contributed by atoms with Crippen LogP contribution in [0.2, 0.25) is 0 Å². The van der Waals surface area contributed by atoms with E-state index in [2.05, 4.69) is 18.8 Å². The first kappa shape index (κ1) is 21.6. The third kappa shape index (κ3) is 3.98. The van der Waals surface area contributed by atoms with Crippen LogP contribution in [0.15, 0.2) is 64.4 Å². The fourth-order valence-electron chi connectivity index (χ4n) is 3.81. The Labute approximate surface area is 186 Å². The third-order valence-corrected chi connectivity index (χ3v) is 5.63. The second-order valence-electron chi connectivity index (χ2n) is 8.46. The van der Waals surface area contributed by atoms with Gasteiger partial charge in [-0.2, -0.15) is 0 Å². The van der Waals surface area contributed by atoms with Crippen molar-refractivity contribution in [3.05, 3.63) is 86.8 Å². The molecule has 0 atom stereocenters. The van der Waals surface area contributed by atoms with Crippen molar-refractivity contribution in [1.29, 1.82) is 0 Å². The van der Waals surface area contributed by atoms with Crippen LogP contribution in [0.5, 0.6) is 5.75 Å². The van der Waals surface area contributed by atoms with Gasteiger partial charge in [-0.25, -0.2) is 14.3 Å². The minimum atomic E-state index is -0.409. The van der Waals surface area contributed by atoms with E-state index >= 15 is 0 Å². The summed E-state index contributed by atoms with van der Waals surface area (Å²) in [6.45, 7) is 7.01. The molecule has 32 heavy (non-hydrogen) atoms. The summed E-state index contributed by atoms with van der Waals surface area (Å²) < 4.78 is 10.1. The Kier molecular flexibility index (Phi) is 5.99. The highest BCUT2D eigenvalue weighted by molar-refractivity contribution is 5.73. The summed E-state index contributed by atoms with van der Waals surface area (Å²) in [5, 5.41) is 0. The normalized spacial score (nSPS) is 11.4. The topological polar surface area (TPSA) is 71.1 Å². The van der Waals surface area contributed by atoms with E-state index in [-0.39, 0.29) is 5.56 Å². The molecule has 0 aliphatic carbocycles. The second-order valence-corrected chi connectivity index (χ2v) is 8.46. The molecular formula is C25H28N4O3. The van der Waals surface area contributed by atoms with Crippen molar-refractivity contribution in [2.75, 3.05) is 7.11 Å². The molecular weight excluding hydrogens is 404 g/mol. The second kappa shape index (κ2) is 8.86. The zero-order valence-electron chi connectivity index (χ0n) is 18.9. The highest BCUT2D eigenvalue weighted by Gasteiger charge is 2.21. The lowest BCUT2D eigenvalue weighted by atomic mass is 10.1. The minimum Gasteiger partial charge on any atom is -0.495 e. The van der Waals surface area contributed by atoms with Crippen LogP contribution in [-0.4, -0.2) is 25.8 Å². The molecule has 0 radical (unpaired) electrons. The highest BCUT2D eigenvalue weighted by atomic mass is 16.5. The van der Waals surface area contributed by atoms with Gasteiger partial charge >= 0.3 is 5.69 Å². The van der Waals surface area contributed by atoms with E-state index in [4.69, 9.17) is 4.74 Å². The van der Waals surface area contributed by atoms with E-state index in [0.717, 1.165) is 12.0 Å². The number of ether oxygens (including phenoxy) is 1. The fourth-order valence-corrected chi connectivity index (χ4v) is 3.81. The molecule has 0 fully saturated rings. The maximum absolute atomic E-state index is 13.5. The van der Waals surface area contributed by atoms with Crippen LogP contribution in [0.3, 0.4) is 0 Å². The van der Waals surface area contributed by atoms with E-state index < -0.39 is 5.69 Å². The van der Waals surface area contributed by atoms with Crippen molar-refractivity contribution in [3.8, 4) is 11.4 Å². The van der Waals surface area contributed by atoms with Crippen LogP contribution in [0, 0.1) is 12.8 Å². The smallest absolute Gasteiger partial charge is 0.337 e. The molecule has 4 aromatic rings. The number of aromatic nitrogens is 4. The van der Waals surface area contributed by atoms with E-state index in [1.807, 2.05) is 47.9 Å². The molecule has 0 N–H and O–H groups in total. The molecule has 7 heteroatoms. The predicted octanol–water partition coefficient (Wildman–Crippen LogP) is 3.76. The molecule has 0 unspecified atom stereocenters. The zero-order valence-corrected chi connectivity index (χ0v) is 18.9. The summed E-state index contributed by atoms with van der Waals surface area (Å²) in [5.41, 5.74) is 2.79. The molecule has 2 aromatic heterocycles. The van der Waals surface area contributed by atoms with Crippen LogP contribution < -0.4 is 16.0 Å². The quantitative estimate of drug-likeness (QED) is 0.446. The average Bonchev–Trinajstić information content (AvgIpc) is 3.18. The van der Waals surface area contributed by atoms with Crippen molar-refractivity contribution in [3.63, 3.8) is 0 Å². The molecule has 7 nitrogen and oxygen atoms in total. The van der Waals surface area contributed by atoms with Crippen molar-refractivity contribution < 1.29 is 4.74 Å². The largest absolute Gasteiger partial charge is 0.495 e. The van der Waals surface area contributed by atoms with Crippen LogP contribution in [0.25, 0.3) is 16.9 Å². The van der Waals surface area contributed by atoms with Gasteiger partial charge in [0.1, 0.15) is 5.75 Å². The summed E-state index contributed by atoms with van der Waals surface area (Å²) in [5.74, 6) is 0.896. The number of imidazole rings is 1. The number of benzene rings is 2. The molecule has 0 saturated heterocycles. The Morgan fingerprint density at radius 3 is 2.44 bits per heavy atom. The van der Waals surface area contributed by atoms with Crippen molar-refractivity contribution >= 4 is 11.2 Å². The molecule has 0 bridgehead atoms. The number of rotatable bonds is 7. The van der Waals surface area contributed by atoms with Gasteiger partial charge in [-0.1, -0.05) is 55.8 Å². The highest BCUT2D eigenvalue weighted by Crippen LogP contribution is 2.23. The lowest BCUT2D eigenvalue weighted by Crippen LogP contribution is -2.40. The maximum atomic E-state index is 13.5. The molecule has 0 aliphatic heterocycles. The van der Waals surface area contributed by atoms with E-state index in [1.54, 1.807) is 25.6 Å². The van der Waals surface area contributed by atoms with Crippen molar-refractivity contribution in [2.24, 2.45) is 5.92 Å². The van der Waals surface area contributed by atoms with Gasteiger partial charge in [0.2, 0.25) is 0 Å². The minimum absolute atomic E-state index is 0.318. The number of hydrogen-bond acceptors (Lipinski definition) is 4. The van der Waals surface area contributed by atoms with Crippen molar-refractivity contribution in [1.82, 2.24) is 18.7 Å². The Bertz CT molecular complexity index is 1360. The average molecular weight is 433 g/mol. The summed E-state index contributed by atoms with van der Waals surface area (Å²) in [6.07, 6.45) is 2.35. The van der Waals surface area contributed by atoms with E-state index in [0.29, 0.717) is 41.6 Å². The molecule has 0 spiro atoms. The summed E-state index contributed by atoms with van der Waals surface area (Å²) >= 11 is 0. The van der Waals surface area contributed by atoms with Gasteiger partial charge in [-0.05, 0) is 37.0 Å². The molecule has 2 heterocycles. The van der Waals surface area contributed by atoms with Gasteiger partial charge in [0, 0.05) is 13.1 Å². The van der Waals surface area contributed by atoms with Crippen LogP contribution in [-0.2, 0) is 13.1 Å². The molecule has 0 saturated carbocycles. The van der Waals surface area contributed by atoms with E-state index in [1.165, 1.54) is 14.7 Å². The Morgan fingerprint density at radius 1 is 1.03 bits per heavy atom. The van der Waals surface area contributed by atoms with Gasteiger partial charge in [0.25, 0.3) is 5.56 Å². The Morgan fingerprint density at radius 2 is 1.75 bits per heavy atom. The number of hydrogen-bond donors (Lipinski definition) is 0. The maximum Gasteiger partial charge on any atom is 0.337 e. The van der Waals surface area contributed by atoms with Gasteiger partial charge in [-0.15, -0.1) is 0 Å². The number of nitrogens with zero attached hydrogens (tertiary/aromatic N) is 4. The number of methoxy groups -OCH3 is 1. The lowest BCUT2D eigenvalue weighted by molar-refractivity contribution is 0.412. The summed E-state index contributed by atoms with van der Waals surface area (Å²) in [6, 6.07) is 15.4. The lowest BCUT2D eigenvalue weighted by Gasteiger charge is -2.15. The fraction of sp³-hybridized carbons (Fsp3) is 0.320. The zero-order chi connectivity index (χ0) is 22.8. The number of fused-ring (bicyclic) bond motifs is 1. The standard InChI is InChI=1S/C25H28N4O3/c1-17(2)13-14-28-24(30)22-23(26-16-27(22)15-19-11-9-18(3)10-12-19)29(25(28)31)20-7-5-6-8-21(20)32-4/h5-12,16-17H,13-15H2,1-4H3. The SMILES string of the molecule is COc1ccccc1-n1c(=O)n(CCC(C)C)c(=O)c2c1ncn2Cc1ccc(C)cc1. The summed E-state index contributed by atoms with van der Waals surface area (Å²) in [4.78, 5) is 31.5. The first-order valence-electron chi connectivity index (χ1n) is 10.8. The van der Waals surface area contributed by atoms with Crippen LogP contribution in [0.1, 0.15) is 31.4 Å². The van der Waals surface area contributed by atoms with Crippen molar-refractivity contribution in [2.45, 2.75) is 40.3 Å². The number of aryl methyl sites for hydroxylation is 1. The molecule has 2 aromatic carbocycles.